The lowest BCUT2D eigenvalue weighted by Crippen LogP contribution is -2.32. The number of hydrogen-bond acceptors (Lipinski definition) is 6. The average Bonchev–Trinajstić information content (AvgIpc) is 2.71. The lowest BCUT2D eigenvalue weighted by atomic mass is 9.92. The summed E-state index contributed by atoms with van der Waals surface area (Å²) in [6.45, 7) is 4.00. The summed E-state index contributed by atoms with van der Waals surface area (Å²) in [4.78, 5) is 13.3. The molecule has 0 atom stereocenters. The molecule has 2 aromatic carbocycles. The van der Waals surface area contributed by atoms with Crippen molar-refractivity contribution in [1.82, 2.24) is 0 Å². The molecule has 0 spiro atoms. The quantitative estimate of drug-likeness (QED) is 0.573. The first-order chi connectivity index (χ1) is 13.8. The lowest BCUT2D eigenvalue weighted by molar-refractivity contribution is 0.0841. The van der Waals surface area contributed by atoms with Crippen molar-refractivity contribution in [3.63, 3.8) is 0 Å². The van der Waals surface area contributed by atoms with Crippen LogP contribution in [0.5, 0.6) is 23.0 Å². The van der Waals surface area contributed by atoms with E-state index in [2.05, 4.69) is 0 Å². The van der Waals surface area contributed by atoms with Gasteiger partial charge in [0.25, 0.3) is 0 Å². The van der Waals surface area contributed by atoms with E-state index in [1.54, 1.807) is 24.3 Å². The summed E-state index contributed by atoms with van der Waals surface area (Å²) in [6.07, 6.45) is 1.70. The molecule has 29 heavy (non-hydrogen) atoms. The number of Topliss-reactive ketones (excluding diaryl/α,β-unsaturated/α-hetero) is 1. The third-order valence-electron chi connectivity index (χ3n) is 5.02. The zero-order chi connectivity index (χ0) is 21.2. The number of methoxy groups -OCH3 is 3. The van der Waals surface area contributed by atoms with E-state index < -0.39 is 0 Å². The summed E-state index contributed by atoms with van der Waals surface area (Å²) in [5, 5.41) is 0. The number of hydrogen-bond donors (Lipinski definition) is 0. The molecule has 156 valence electrons. The molecule has 0 aromatic heterocycles. The highest BCUT2D eigenvalue weighted by Crippen LogP contribution is 2.40. The maximum absolute atomic E-state index is 13.6. The van der Waals surface area contributed by atoms with E-state index in [4.69, 9.17) is 18.9 Å². The minimum atomic E-state index is -0.299. The number of halogens is 1. The Morgan fingerprint density at radius 1 is 1.10 bits per heavy atom. The Morgan fingerprint density at radius 2 is 1.76 bits per heavy atom. The van der Waals surface area contributed by atoms with E-state index in [1.165, 1.54) is 21.3 Å². The lowest BCUT2D eigenvalue weighted by Gasteiger charge is -2.33. The van der Waals surface area contributed by atoms with Crippen LogP contribution in [0.3, 0.4) is 0 Å². The molecule has 1 aliphatic rings. The topological polar surface area (TPSA) is 54.0 Å². The molecule has 1 aliphatic heterocycles. The molecule has 3 rings (SSSR count). The van der Waals surface area contributed by atoms with Crippen LogP contribution in [0.2, 0.25) is 0 Å². The number of carbonyl (C=O) groups excluding carboxylic acids is 1. The van der Waals surface area contributed by atoms with Gasteiger partial charge in [-0.25, -0.2) is 0 Å². The summed E-state index contributed by atoms with van der Waals surface area (Å²) < 4.78 is 35.6. The van der Waals surface area contributed by atoms with Gasteiger partial charge in [0.1, 0.15) is 11.4 Å². The molecule has 5 nitrogen and oxygen atoms in total. The minimum Gasteiger partial charge on any atom is -0.493 e. The molecular formula is C22H25FO5S. The zero-order valence-electron chi connectivity index (χ0n) is 17.3. The Bertz CT molecular complexity index is 901. The third-order valence-corrected chi connectivity index (χ3v) is 5.52. The number of aryl methyl sites for hydroxylation is 1. The first-order valence-electron chi connectivity index (χ1n) is 9.28. The first-order valence-corrected chi connectivity index (χ1v) is 10.00. The maximum Gasteiger partial charge on any atom is 0.203 e. The molecule has 0 amide bonds. The average molecular weight is 421 g/mol. The summed E-state index contributed by atoms with van der Waals surface area (Å²) >= 11 is 0.0584. The van der Waals surface area contributed by atoms with Crippen LogP contribution < -0.4 is 18.9 Å². The molecule has 0 unspecified atom stereocenters. The van der Waals surface area contributed by atoms with Crippen molar-refractivity contribution in [2.24, 2.45) is 0 Å². The van der Waals surface area contributed by atoms with Crippen molar-refractivity contribution in [3.05, 3.63) is 41.0 Å². The molecule has 0 bridgehead atoms. The Balaban J connectivity index is 1.93. The van der Waals surface area contributed by atoms with Gasteiger partial charge in [-0.2, -0.15) is 3.89 Å². The fraction of sp³-hybridized carbons (Fsp3) is 0.409. The van der Waals surface area contributed by atoms with Crippen LogP contribution in [0.4, 0.5) is 3.89 Å². The standard InChI is InChI=1S/C22H25FO5S/c1-22(2)7-6-14-11-15(20(29-23)12-17(14)28-22)16(24)8-13-9-18(25-3)21(27-5)19(10-13)26-4/h9-12H,6-8H2,1-5H3. The van der Waals surface area contributed by atoms with Gasteiger partial charge >= 0.3 is 0 Å². The van der Waals surface area contributed by atoms with Crippen LogP contribution in [0.1, 0.15) is 41.8 Å². The Kier molecular flexibility index (Phi) is 6.27. The van der Waals surface area contributed by atoms with Crippen molar-refractivity contribution in [1.29, 1.82) is 0 Å². The molecule has 2 aromatic rings. The van der Waals surface area contributed by atoms with Crippen molar-refractivity contribution in [2.75, 3.05) is 21.3 Å². The number of rotatable bonds is 7. The molecule has 0 N–H and O–H groups in total. The number of ketones is 1. The van der Waals surface area contributed by atoms with Crippen LogP contribution in [0.15, 0.2) is 29.2 Å². The Labute approximate surface area is 174 Å². The second-order valence-corrected chi connectivity index (χ2v) is 8.12. The number of carbonyl (C=O) groups is 1. The van der Waals surface area contributed by atoms with Gasteiger partial charge in [0.2, 0.25) is 5.75 Å². The highest BCUT2D eigenvalue weighted by atomic mass is 32.2. The fourth-order valence-corrected chi connectivity index (χ4v) is 3.89. The number of fused-ring (bicyclic) bond motifs is 1. The molecule has 0 fully saturated rings. The van der Waals surface area contributed by atoms with Gasteiger partial charge in [-0.05, 0) is 62.1 Å². The van der Waals surface area contributed by atoms with E-state index >= 15 is 0 Å². The van der Waals surface area contributed by atoms with Crippen LogP contribution >= 0.6 is 12.1 Å². The molecule has 0 aliphatic carbocycles. The predicted molar refractivity (Wildman–Crippen MR) is 111 cm³/mol. The highest BCUT2D eigenvalue weighted by molar-refractivity contribution is 7.94. The SMILES string of the molecule is COc1cc(CC(=O)c2cc3c(cc2SF)OC(C)(C)CC3)cc(OC)c1OC. The number of benzene rings is 2. The van der Waals surface area contributed by atoms with Gasteiger partial charge in [0, 0.05) is 12.0 Å². The second kappa shape index (κ2) is 8.53. The van der Waals surface area contributed by atoms with Gasteiger partial charge in [-0.1, -0.05) is 0 Å². The van der Waals surface area contributed by atoms with Crippen LogP contribution in [-0.2, 0) is 12.8 Å². The highest BCUT2D eigenvalue weighted by Gasteiger charge is 2.29. The van der Waals surface area contributed by atoms with Gasteiger partial charge in [0.05, 0.1) is 38.4 Å². The van der Waals surface area contributed by atoms with Gasteiger partial charge in [-0.15, -0.1) is 0 Å². The summed E-state index contributed by atoms with van der Waals surface area (Å²) in [5.74, 6) is 1.85. The van der Waals surface area contributed by atoms with Crippen LogP contribution in [0.25, 0.3) is 0 Å². The number of ether oxygens (including phenoxy) is 4. The monoisotopic (exact) mass is 420 g/mol. The third kappa shape index (κ3) is 4.45. The largest absolute Gasteiger partial charge is 0.493 e. The Hall–Kier alpha value is -2.41. The second-order valence-electron chi connectivity index (χ2n) is 7.53. The summed E-state index contributed by atoms with van der Waals surface area (Å²) in [7, 11) is 4.56. The van der Waals surface area contributed by atoms with E-state index in [0.29, 0.717) is 34.1 Å². The van der Waals surface area contributed by atoms with Gasteiger partial charge in [-0.3, -0.25) is 4.79 Å². The van der Waals surface area contributed by atoms with Crippen LogP contribution in [0, 0.1) is 0 Å². The van der Waals surface area contributed by atoms with E-state index in [-0.39, 0.29) is 34.8 Å². The molecule has 0 radical (unpaired) electrons. The van der Waals surface area contributed by atoms with Crippen molar-refractivity contribution < 1.29 is 27.6 Å². The van der Waals surface area contributed by atoms with Crippen molar-refractivity contribution >= 4 is 17.9 Å². The molecule has 1 heterocycles. The van der Waals surface area contributed by atoms with E-state index in [0.717, 1.165) is 18.4 Å². The Morgan fingerprint density at radius 3 is 2.31 bits per heavy atom. The maximum atomic E-state index is 13.6. The normalized spacial score (nSPS) is 14.6. The zero-order valence-corrected chi connectivity index (χ0v) is 18.1. The predicted octanol–water partition coefficient (Wildman–Crippen LogP) is 5.22. The smallest absolute Gasteiger partial charge is 0.203 e. The molecule has 7 heteroatoms. The minimum absolute atomic E-state index is 0.0584. The van der Waals surface area contributed by atoms with E-state index in [1.807, 2.05) is 13.8 Å². The summed E-state index contributed by atoms with van der Waals surface area (Å²) in [5.41, 5.74) is 1.67. The summed E-state index contributed by atoms with van der Waals surface area (Å²) in [6, 6.07) is 6.84. The van der Waals surface area contributed by atoms with Crippen molar-refractivity contribution in [2.45, 2.75) is 43.6 Å². The molecular weight excluding hydrogens is 395 g/mol. The van der Waals surface area contributed by atoms with Crippen molar-refractivity contribution in [3.8, 4) is 23.0 Å². The fourth-order valence-electron chi connectivity index (χ4n) is 3.48. The van der Waals surface area contributed by atoms with Gasteiger partial charge < -0.3 is 18.9 Å². The molecule has 0 saturated heterocycles. The first kappa shape index (κ1) is 21.3. The van der Waals surface area contributed by atoms with E-state index in [9.17, 15) is 8.68 Å². The van der Waals surface area contributed by atoms with Gasteiger partial charge in [0.15, 0.2) is 17.3 Å². The van der Waals surface area contributed by atoms with Crippen LogP contribution in [-0.4, -0.2) is 32.7 Å². The molecule has 0 saturated carbocycles.